The summed E-state index contributed by atoms with van der Waals surface area (Å²) >= 11 is 0. The fourth-order valence-electron chi connectivity index (χ4n) is 2.35. The number of ether oxygens (including phenoxy) is 2. The standard InChI is InChI=1S/C18H25N5O4S/c1-19-18(22-12-14-6-7-16(26-2)17(11-14)27-3)21-9-10-23-28(24,25)15-5-4-8-20-13-15/h4-8,11,13,23H,9-10,12H2,1-3H3,(H2,19,21,22). The van der Waals surface area contributed by atoms with Crippen molar-refractivity contribution in [3.63, 3.8) is 0 Å². The highest BCUT2D eigenvalue weighted by atomic mass is 32.2. The van der Waals surface area contributed by atoms with Crippen LogP contribution < -0.4 is 24.8 Å². The van der Waals surface area contributed by atoms with E-state index in [4.69, 9.17) is 9.47 Å². The summed E-state index contributed by atoms with van der Waals surface area (Å²) in [7, 11) is 1.24. The van der Waals surface area contributed by atoms with Crippen molar-refractivity contribution >= 4 is 16.0 Å². The van der Waals surface area contributed by atoms with Crippen LogP contribution in [0.2, 0.25) is 0 Å². The van der Waals surface area contributed by atoms with Gasteiger partial charge in [-0.25, -0.2) is 13.1 Å². The zero-order chi connectivity index (χ0) is 20.4. The van der Waals surface area contributed by atoms with Crippen LogP contribution in [-0.2, 0) is 16.6 Å². The first-order chi connectivity index (χ1) is 13.5. The van der Waals surface area contributed by atoms with Crippen LogP contribution in [0.1, 0.15) is 5.56 Å². The van der Waals surface area contributed by atoms with Crippen LogP contribution in [0.25, 0.3) is 0 Å². The highest BCUT2D eigenvalue weighted by Crippen LogP contribution is 2.27. The Morgan fingerprint density at radius 2 is 1.89 bits per heavy atom. The topological polar surface area (TPSA) is 114 Å². The number of sulfonamides is 1. The van der Waals surface area contributed by atoms with E-state index in [2.05, 4.69) is 25.3 Å². The van der Waals surface area contributed by atoms with E-state index < -0.39 is 10.0 Å². The monoisotopic (exact) mass is 407 g/mol. The lowest BCUT2D eigenvalue weighted by Gasteiger charge is -2.14. The third-order valence-electron chi connectivity index (χ3n) is 3.79. The fourth-order valence-corrected chi connectivity index (χ4v) is 3.35. The van der Waals surface area contributed by atoms with Gasteiger partial charge in [-0.1, -0.05) is 6.07 Å². The third-order valence-corrected chi connectivity index (χ3v) is 5.23. The molecule has 0 saturated carbocycles. The molecule has 0 aliphatic carbocycles. The summed E-state index contributed by atoms with van der Waals surface area (Å²) in [5.74, 6) is 1.86. The number of hydrogen-bond donors (Lipinski definition) is 3. The van der Waals surface area contributed by atoms with Gasteiger partial charge in [0, 0.05) is 39.1 Å². The van der Waals surface area contributed by atoms with Crippen LogP contribution >= 0.6 is 0 Å². The summed E-state index contributed by atoms with van der Waals surface area (Å²) in [6, 6.07) is 8.70. The van der Waals surface area contributed by atoms with Gasteiger partial charge in [-0.2, -0.15) is 0 Å². The lowest BCUT2D eigenvalue weighted by Crippen LogP contribution is -2.41. The lowest BCUT2D eigenvalue weighted by atomic mass is 10.2. The third kappa shape index (κ3) is 6.10. The van der Waals surface area contributed by atoms with Crippen LogP contribution in [0.15, 0.2) is 52.6 Å². The van der Waals surface area contributed by atoms with E-state index in [1.807, 2.05) is 18.2 Å². The zero-order valence-electron chi connectivity index (χ0n) is 16.1. The molecule has 0 atom stereocenters. The molecule has 152 valence electrons. The molecule has 0 saturated heterocycles. The second kappa shape index (κ2) is 10.5. The second-order valence-corrected chi connectivity index (χ2v) is 7.40. The van der Waals surface area contributed by atoms with Gasteiger partial charge in [0.15, 0.2) is 17.5 Å². The first kappa shape index (κ1) is 21.5. The SMILES string of the molecule is CN=C(NCCNS(=O)(=O)c1cccnc1)NCc1ccc(OC)c(OC)c1. The number of nitrogens with zero attached hydrogens (tertiary/aromatic N) is 2. The van der Waals surface area contributed by atoms with Crippen LogP contribution in [0.3, 0.4) is 0 Å². The molecule has 28 heavy (non-hydrogen) atoms. The Hall–Kier alpha value is -2.85. The van der Waals surface area contributed by atoms with Crippen molar-refractivity contribution in [1.82, 2.24) is 20.3 Å². The molecule has 0 bridgehead atoms. The van der Waals surface area contributed by atoms with Crippen molar-refractivity contribution < 1.29 is 17.9 Å². The second-order valence-electron chi connectivity index (χ2n) is 5.63. The van der Waals surface area contributed by atoms with Crippen molar-refractivity contribution in [2.45, 2.75) is 11.4 Å². The molecule has 9 nitrogen and oxygen atoms in total. The number of rotatable bonds is 9. The summed E-state index contributed by atoms with van der Waals surface area (Å²) in [5, 5.41) is 6.21. The smallest absolute Gasteiger partial charge is 0.242 e. The summed E-state index contributed by atoms with van der Waals surface area (Å²) in [6.45, 7) is 1.08. The minimum atomic E-state index is -3.57. The average Bonchev–Trinajstić information content (AvgIpc) is 2.73. The Labute approximate surface area is 165 Å². The maximum absolute atomic E-state index is 12.1. The molecule has 0 amide bonds. The normalized spacial score (nSPS) is 11.8. The minimum Gasteiger partial charge on any atom is -0.493 e. The molecule has 1 heterocycles. The van der Waals surface area contributed by atoms with Crippen molar-refractivity contribution in [3.8, 4) is 11.5 Å². The summed E-state index contributed by atoms with van der Waals surface area (Å²) in [6.07, 6.45) is 2.83. The predicted octanol–water partition coefficient (Wildman–Crippen LogP) is 0.742. The predicted molar refractivity (Wildman–Crippen MR) is 107 cm³/mol. The zero-order valence-corrected chi connectivity index (χ0v) is 16.9. The average molecular weight is 407 g/mol. The van der Waals surface area contributed by atoms with Crippen molar-refractivity contribution in [3.05, 3.63) is 48.3 Å². The molecule has 0 aliphatic heterocycles. The summed E-state index contributed by atoms with van der Waals surface area (Å²) in [4.78, 5) is 8.07. The molecule has 10 heteroatoms. The summed E-state index contributed by atoms with van der Waals surface area (Å²) < 4.78 is 37.3. The summed E-state index contributed by atoms with van der Waals surface area (Å²) in [5.41, 5.74) is 0.984. The van der Waals surface area contributed by atoms with E-state index in [0.29, 0.717) is 30.5 Å². The van der Waals surface area contributed by atoms with Gasteiger partial charge >= 0.3 is 0 Å². The molecule has 3 N–H and O–H groups in total. The number of nitrogens with one attached hydrogen (secondary N) is 3. The molecule has 2 aromatic rings. The van der Waals surface area contributed by atoms with E-state index >= 15 is 0 Å². The maximum atomic E-state index is 12.1. The minimum absolute atomic E-state index is 0.131. The van der Waals surface area contributed by atoms with E-state index in [-0.39, 0.29) is 11.4 Å². The maximum Gasteiger partial charge on any atom is 0.242 e. The van der Waals surface area contributed by atoms with Gasteiger partial charge in [-0.05, 0) is 29.8 Å². The van der Waals surface area contributed by atoms with Crippen molar-refractivity contribution in [2.75, 3.05) is 34.4 Å². The van der Waals surface area contributed by atoms with Gasteiger partial charge < -0.3 is 20.1 Å². The Bertz CT molecular complexity index is 888. The van der Waals surface area contributed by atoms with Gasteiger partial charge in [0.05, 0.1) is 14.2 Å². The van der Waals surface area contributed by atoms with Crippen LogP contribution in [0, 0.1) is 0 Å². The number of aliphatic imine (C=N–C) groups is 1. The lowest BCUT2D eigenvalue weighted by molar-refractivity contribution is 0.354. The van der Waals surface area contributed by atoms with E-state index in [0.717, 1.165) is 5.56 Å². The number of aromatic nitrogens is 1. The Balaban J connectivity index is 1.80. The van der Waals surface area contributed by atoms with E-state index in [1.54, 1.807) is 27.3 Å². The molecule has 0 aliphatic rings. The highest BCUT2D eigenvalue weighted by molar-refractivity contribution is 7.89. The van der Waals surface area contributed by atoms with Crippen LogP contribution in [0.4, 0.5) is 0 Å². The Morgan fingerprint density at radius 3 is 2.54 bits per heavy atom. The van der Waals surface area contributed by atoms with Crippen LogP contribution in [-0.4, -0.2) is 53.7 Å². The number of methoxy groups -OCH3 is 2. The van der Waals surface area contributed by atoms with Crippen molar-refractivity contribution in [1.29, 1.82) is 0 Å². The fraction of sp³-hybridized carbons (Fsp3) is 0.333. The molecule has 0 unspecified atom stereocenters. The van der Waals surface area contributed by atoms with Gasteiger partial charge in [0.1, 0.15) is 4.90 Å². The number of pyridine rings is 1. The largest absolute Gasteiger partial charge is 0.493 e. The van der Waals surface area contributed by atoms with Gasteiger partial charge in [0.25, 0.3) is 0 Å². The number of guanidine groups is 1. The van der Waals surface area contributed by atoms with E-state index in [9.17, 15) is 8.42 Å². The molecular formula is C18H25N5O4S. The Morgan fingerprint density at radius 1 is 1.11 bits per heavy atom. The van der Waals surface area contributed by atoms with Crippen LogP contribution in [0.5, 0.6) is 11.5 Å². The van der Waals surface area contributed by atoms with E-state index in [1.165, 1.54) is 18.5 Å². The van der Waals surface area contributed by atoms with Gasteiger partial charge in [-0.15, -0.1) is 0 Å². The van der Waals surface area contributed by atoms with Crippen molar-refractivity contribution in [2.24, 2.45) is 4.99 Å². The highest BCUT2D eigenvalue weighted by Gasteiger charge is 2.12. The molecule has 1 aromatic carbocycles. The quantitative estimate of drug-likeness (QED) is 0.319. The number of hydrogen-bond acceptors (Lipinski definition) is 6. The molecule has 0 radical (unpaired) electrons. The molecule has 1 aromatic heterocycles. The molecule has 2 rings (SSSR count). The Kier molecular flexibility index (Phi) is 8.02. The number of benzene rings is 1. The molecule has 0 fully saturated rings. The first-order valence-corrected chi connectivity index (χ1v) is 10.0. The van der Waals surface area contributed by atoms with Gasteiger partial charge in [-0.3, -0.25) is 9.98 Å². The molecular weight excluding hydrogens is 382 g/mol. The first-order valence-electron chi connectivity index (χ1n) is 8.55. The van der Waals surface area contributed by atoms with Gasteiger partial charge in [0.2, 0.25) is 10.0 Å². The molecule has 0 spiro atoms.